The SMILES string of the molecule is Cc1ccc(Nc2nc(Br)nn2C)c(Cl)c1. The number of hydrogen-bond donors (Lipinski definition) is 1. The monoisotopic (exact) mass is 300 g/mol. The molecule has 0 saturated heterocycles. The Morgan fingerprint density at radius 3 is 2.75 bits per heavy atom. The van der Waals surface area contributed by atoms with Crippen molar-refractivity contribution in [3.05, 3.63) is 33.5 Å². The van der Waals surface area contributed by atoms with Crippen LogP contribution in [-0.4, -0.2) is 14.8 Å². The minimum Gasteiger partial charge on any atom is -0.323 e. The molecule has 2 aromatic rings. The third kappa shape index (κ3) is 2.36. The predicted molar refractivity (Wildman–Crippen MR) is 68.2 cm³/mol. The molecule has 0 amide bonds. The summed E-state index contributed by atoms with van der Waals surface area (Å²) >= 11 is 9.32. The number of hydrogen-bond acceptors (Lipinski definition) is 3. The number of aryl methyl sites for hydroxylation is 2. The van der Waals surface area contributed by atoms with E-state index in [1.807, 2.05) is 32.2 Å². The van der Waals surface area contributed by atoms with Crippen LogP contribution in [-0.2, 0) is 7.05 Å². The van der Waals surface area contributed by atoms with Gasteiger partial charge in [-0.15, -0.1) is 5.10 Å². The van der Waals surface area contributed by atoms with Crippen molar-refractivity contribution in [3.63, 3.8) is 0 Å². The average molecular weight is 302 g/mol. The summed E-state index contributed by atoms with van der Waals surface area (Å²) in [6.07, 6.45) is 0. The van der Waals surface area contributed by atoms with Crippen molar-refractivity contribution in [2.75, 3.05) is 5.32 Å². The zero-order chi connectivity index (χ0) is 11.7. The van der Waals surface area contributed by atoms with Crippen LogP contribution < -0.4 is 5.32 Å². The standard InChI is InChI=1S/C10H10BrClN4/c1-6-3-4-8(7(12)5-6)13-10-14-9(11)15-16(10)2/h3-5H,1-2H3,(H,13,14,15). The van der Waals surface area contributed by atoms with Gasteiger partial charge in [0.05, 0.1) is 10.7 Å². The first-order chi connectivity index (χ1) is 7.56. The molecule has 4 nitrogen and oxygen atoms in total. The van der Waals surface area contributed by atoms with Crippen LogP contribution in [0.15, 0.2) is 22.9 Å². The maximum Gasteiger partial charge on any atom is 0.226 e. The van der Waals surface area contributed by atoms with Gasteiger partial charge in [0.25, 0.3) is 0 Å². The van der Waals surface area contributed by atoms with Gasteiger partial charge in [-0.2, -0.15) is 4.98 Å². The summed E-state index contributed by atoms with van der Waals surface area (Å²) in [5.74, 6) is 0.637. The summed E-state index contributed by atoms with van der Waals surface area (Å²) < 4.78 is 2.18. The Labute approximate surface area is 107 Å². The second kappa shape index (κ2) is 4.43. The Morgan fingerprint density at radius 1 is 1.44 bits per heavy atom. The van der Waals surface area contributed by atoms with Crippen LogP contribution >= 0.6 is 27.5 Å². The van der Waals surface area contributed by atoms with Crippen molar-refractivity contribution >= 4 is 39.2 Å². The zero-order valence-electron chi connectivity index (χ0n) is 8.83. The number of benzene rings is 1. The van der Waals surface area contributed by atoms with E-state index in [1.165, 1.54) is 0 Å². The zero-order valence-corrected chi connectivity index (χ0v) is 11.2. The lowest BCUT2D eigenvalue weighted by atomic mass is 10.2. The fraction of sp³-hybridized carbons (Fsp3) is 0.200. The quantitative estimate of drug-likeness (QED) is 0.925. The predicted octanol–water partition coefficient (Wildman–Crippen LogP) is 3.28. The van der Waals surface area contributed by atoms with Crippen LogP contribution in [0.1, 0.15) is 5.56 Å². The van der Waals surface area contributed by atoms with E-state index in [0.717, 1.165) is 11.3 Å². The molecule has 0 saturated carbocycles. The second-order valence-electron chi connectivity index (χ2n) is 3.44. The van der Waals surface area contributed by atoms with E-state index >= 15 is 0 Å². The van der Waals surface area contributed by atoms with Crippen molar-refractivity contribution < 1.29 is 0 Å². The fourth-order valence-electron chi connectivity index (χ4n) is 1.30. The van der Waals surface area contributed by atoms with Crippen molar-refractivity contribution in [1.82, 2.24) is 14.8 Å². The minimum absolute atomic E-state index is 0.542. The molecule has 0 radical (unpaired) electrons. The van der Waals surface area contributed by atoms with Crippen LogP contribution in [0.3, 0.4) is 0 Å². The molecule has 0 bridgehead atoms. The van der Waals surface area contributed by atoms with E-state index in [4.69, 9.17) is 11.6 Å². The van der Waals surface area contributed by atoms with Gasteiger partial charge in [0, 0.05) is 7.05 Å². The first kappa shape index (κ1) is 11.4. The summed E-state index contributed by atoms with van der Waals surface area (Å²) in [7, 11) is 1.81. The van der Waals surface area contributed by atoms with Gasteiger partial charge in [0.1, 0.15) is 0 Å². The highest BCUT2D eigenvalue weighted by Gasteiger charge is 2.07. The van der Waals surface area contributed by atoms with Crippen molar-refractivity contribution in [1.29, 1.82) is 0 Å². The van der Waals surface area contributed by atoms with Gasteiger partial charge in [-0.3, -0.25) is 0 Å². The summed E-state index contributed by atoms with van der Waals surface area (Å²) in [5.41, 5.74) is 1.94. The summed E-state index contributed by atoms with van der Waals surface area (Å²) in [4.78, 5) is 4.17. The average Bonchev–Trinajstić information content (AvgIpc) is 2.50. The van der Waals surface area contributed by atoms with Crippen LogP contribution in [0.2, 0.25) is 5.02 Å². The Kier molecular flexibility index (Phi) is 3.16. The number of anilines is 2. The largest absolute Gasteiger partial charge is 0.323 e. The Balaban J connectivity index is 2.30. The van der Waals surface area contributed by atoms with Gasteiger partial charge in [0.2, 0.25) is 10.7 Å². The number of aromatic nitrogens is 3. The lowest BCUT2D eigenvalue weighted by molar-refractivity contribution is 0.769. The molecule has 16 heavy (non-hydrogen) atoms. The maximum absolute atomic E-state index is 6.11. The highest BCUT2D eigenvalue weighted by molar-refractivity contribution is 9.10. The number of nitrogens with zero attached hydrogens (tertiary/aromatic N) is 3. The molecule has 0 aliphatic carbocycles. The van der Waals surface area contributed by atoms with Gasteiger partial charge in [-0.1, -0.05) is 17.7 Å². The summed E-state index contributed by atoms with van der Waals surface area (Å²) in [5, 5.41) is 7.85. The molecule has 1 aromatic carbocycles. The smallest absolute Gasteiger partial charge is 0.226 e. The van der Waals surface area contributed by atoms with Crippen molar-refractivity contribution in [3.8, 4) is 0 Å². The molecule has 0 spiro atoms. The molecule has 6 heteroatoms. The van der Waals surface area contributed by atoms with Gasteiger partial charge in [-0.25, -0.2) is 4.68 Å². The molecule has 0 atom stereocenters. The van der Waals surface area contributed by atoms with Crippen molar-refractivity contribution in [2.45, 2.75) is 6.92 Å². The second-order valence-corrected chi connectivity index (χ2v) is 4.55. The van der Waals surface area contributed by atoms with E-state index in [9.17, 15) is 0 Å². The van der Waals surface area contributed by atoms with E-state index in [2.05, 4.69) is 31.3 Å². The fourth-order valence-corrected chi connectivity index (χ4v) is 1.99. The molecule has 0 aliphatic rings. The van der Waals surface area contributed by atoms with Crippen LogP contribution in [0.5, 0.6) is 0 Å². The van der Waals surface area contributed by atoms with Gasteiger partial charge in [0.15, 0.2) is 0 Å². The van der Waals surface area contributed by atoms with Gasteiger partial charge >= 0.3 is 0 Å². The summed E-state index contributed by atoms with van der Waals surface area (Å²) in [6, 6.07) is 5.80. The van der Waals surface area contributed by atoms with E-state index in [0.29, 0.717) is 15.7 Å². The highest BCUT2D eigenvalue weighted by Crippen LogP contribution is 2.25. The van der Waals surface area contributed by atoms with Crippen LogP contribution in [0.25, 0.3) is 0 Å². The van der Waals surface area contributed by atoms with E-state index in [1.54, 1.807) is 4.68 Å². The maximum atomic E-state index is 6.11. The highest BCUT2D eigenvalue weighted by atomic mass is 79.9. The molecule has 2 rings (SSSR count). The Hall–Kier alpha value is -1.07. The third-order valence-electron chi connectivity index (χ3n) is 2.11. The number of nitrogens with one attached hydrogen (secondary N) is 1. The molecule has 1 aromatic heterocycles. The molecule has 0 unspecified atom stereocenters. The molecule has 1 heterocycles. The summed E-state index contributed by atoms with van der Waals surface area (Å²) in [6.45, 7) is 1.99. The number of halogens is 2. The molecular weight excluding hydrogens is 291 g/mol. The number of rotatable bonds is 2. The molecule has 84 valence electrons. The first-order valence-corrected chi connectivity index (χ1v) is 5.83. The normalized spacial score (nSPS) is 10.5. The third-order valence-corrected chi connectivity index (χ3v) is 2.76. The van der Waals surface area contributed by atoms with Gasteiger partial charge in [-0.05, 0) is 40.5 Å². The lowest BCUT2D eigenvalue weighted by Gasteiger charge is -2.07. The molecule has 0 aliphatic heterocycles. The molecule has 1 N–H and O–H groups in total. The molecule has 0 fully saturated rings. The van der Waals surface area contributed by atoms with Gasteiger partial charge < -0.3 is 5.32 Å². The first-order valence-electron chi connectivity index (χ1n) is 4.66. The minimum atomic E-state index is 0.542. The van der Waals surface area contributed by atoms with Crippen LogP contribution in [0, 0.1) is 6.92 Å². The van der Waals surface area contributed by atoms with Crippen LogP contribution in [0.4, 0.5) is 11.6 Å². The van der Waals surface area contributed by atoms with Crippen molar-refractivity contribution in [2.24, 2.45) is 7.05 Å². The molecular formula is C10H10BrClN4. The lowest BCUT2D eigenvalue weighted by Crippen LogP contribution is -2.00. The van der Waals surface area contributed by atoms with E-state index in [-0.39, 0.29) is 0 Å². The van der Waals surface area contributed by atoms with E-state index < -0.39 is 0 Å². The Morgan fingerprint density at radius 2 is 2.19 bits per heavy atom. The topological polar surface area (TPSA) is 42.7 Å². The Bertz CT molecular complexity index is 524.